The first kappa shape index (κ1) is 21.7. The molecule has 0 aromatic carbocycles. The average Bonchev–Trinajstić information content (AvgIpc) is 2.79. The Balaban J connectivity index is 2.11. The Hall–Kier alpha value is -1.60. The van der Waals surface area contributed by atoms with Gasteiger partial charge in [0.25, 0.3) is 0 Å². The van der Waals surface area contributed by atoms with Gasteiger partial charge in [0.1, 0.15) is 12.0 Å². The summed E-state index contributed by atoms with van der Waals surface area (Å²) in [5, 5.41) is 0. The van der Waals surface area contributed by atoms with Gasteiger partial charge >= 0.3 is 13.1 Å². The lowest BCUT2D eigenvalue weighted by Crippen LogP contribution is -2.42. The van der Waals surface area contributed by atoms with Crippen molar-refractivity contribution in [2.24, 2.45) is 10.4 Å². The molecule has 2 aliphatic rings. The second kappa shape index (κ2) is 7.80. The fraction of sp³-hybridized carbons (Fsp3) is 0.700. The zero-order valence-corrected chi connectivity index (χ0v) is 17.7. The summed E-state index contributed by atoms with van der Waals surface area (Å²) in [6, 6.07) is 0. The Morgan fingerprint density at radius 2 is 1.74 bits per heavy atom. The van der Waals surface area contributed by atoms with Gasteiger partial charge in [-0.3, -0.25) is 4.79 Å². The summed E-state index contributed by atoms with van der Waals surface area (Å²) >= 11 is 0. The van der Waals surface area contributed by atoms with Crippen LogP contribution in [0.25, 0.3) is 0 Å². The predicted molar refractivity (Wildman–Crippen MR) is 106 cm³/mol. The van der Waals surface area contributed by atoms with E-state index in [1.807, 2.05) is 41.5 Å². The number of rotatable bonds is 7. The molecule has 7 heteroatoms. The van der Waals surface area contributed by atoms with Gasteiger partial charge in [-0.05, 0) is 66.6 Å². The SMILES string of the molecule is C=N/C(=C\C(C)=C(/C)B1OC(C)(C)C(C)(C)O1)OCC1(C(=O)OC)CCC1. The molecular weight excluding hydrogens is 345 g/mol. The molecule has 27 heavy (non-hydrogen) atoms. The summed E-state index contributed by atoms with van der Waals surface area (Å²) in [5.74, 6) is 0.149. The van der Waals surface area contributed by atoms with E-state index >= 15 is 0 Å². The van der Waals surface area contributed by atoms with E-state index in [2.05, 4.69) is 11.7 Å². The number of allylic oxidation sites excluding steroid dienone is 3. The number of carbonyl (C=O) groups excluding carboxylic acids is 1. The molecule has 0 spiro atoms. The van der Waals surface area contributed by atoms with E-state index in [0.29, 0.717) is 5.88 Å². The highest BCUT2D eigenvalue weighted by molar-refractivity contribution is 6.54. The number of ether oxygens (including phenoxy) is 2. The summed E-state index contributed by atoms with van der Waals surface area (Å²) in [6.07, 6.45) is 4.34. The third-order valence-corrected chi connectivity index (χ3v) is 6.15. The zero-order valence-electron chi connectivity index (χ0n) is 17.7. The van der Waals surface area contributed by atoms with Gasteiger partial charge in [0.15, 0.2) is 0 Å². The monoisotopic (exact) mass is 377 g/mol. The molecule has 0 amide bonds. The molecule has 0 radical (unpaired) electrons. The summed E-state index contributed by atoms with van der Waals surface area (Å²) in [4.78, 5) is 16.0. The van der Waals surface area contributed by atoms with Gasteiger partial charge in [-0.2, -0.15) is 0 Å². The van der Waals surface area contributed by atoms with Crippen molar-refractivity contribution in [2.75, 3.05) is 13.7 Å². The van der Waals surface area contributed by atoms with Crippen LogP contribution in [-0.2, 0) is 23.6 Å². The van der Waals surface area contributed by atoms with Crippen molar-refractivity contribution in [3.05, 3.63) is 23.0 Å². The van der Waals surface area contributed by atoms with Crippen molar-refractivity contribution in [3.8, 4) is 0 Å². The molecule has 0 aromatic heterocycles. The van der Waals surface area contributed by atoms with Crippen LogP contribution in [0.2, 0.25) is 0 Å². The lowest BCUT2D eigenvalue weighted by atomic mass is 9.69. The maximum absolute atomic E-state index is 12.0. The van der Waals surface area contributed by atoms with Gasteiger partial charge in [-0.1, -0.05) is 12.0 Å². The highest BCUT2D eigenvalue weighted by Gasteiger charge is 2.52. The van der Waals surface area contributed by atoms with E-state index in [-0.39, 0.29) is 12.6 Å². The molecule has 0 atom stereocenters. The first-order valence-corrected chi connectivity index (χ1v) is 9.41. The van der Waals surface area contributed by atoms with Crippen LogP contribution in [0.4, 0.5) is 0 Å². The smallest absolute Gasteiger partial charge is 0.476 e. The molecule has 150 valence electrons. The maximum atomic E-state index is 12.0. The molecule has 1 heterocycles. The Bertz CT molecular complexity index is 645. The van der Waals surface area contributed by atoms with Gasteiger partial charge in [0, 0.05) is 6.08 Å². The number of aliphatic imine (C=N–C) groups is 1. The predicted octanol–water partition coefficient (Wildman–Crippen LogP) is 3.86. The highest BCUT2D eigenvalue weighted by Crippen LogP contribution is 2.43. The van der Waals surface area contributed by atoms with E-state index < -0.39 is 23.7 Å². The fourth-order valence-corrected chi connectivity index (χ4v) is 3.08. The van der Waals surface area contributed by atoms with Crippen molar-refractivity contribution in [3.63, 3.8) is 0 Å². The van der Waals surface area contributed by atoms with E-state index in [9.17, 15) is 4.79 Å². The molecule has 1 saturated carbocycles. The molecule has 0 N–H and O–H groups in total. The van der Waals surface area contributed by atoms with Gasteiger partial charge < -0.3 is 18.8 Å². The number of hydrogen-bond donors (Lipinski definition) is 0. The number of esters is 1. The third kappa shape index (κ3) is 4.30. The van der Waals surface area contributed by atoms with Gasteiger partial charge in [0.05, 0.1) is 18.3 Å². The standard InChI is InChI=1S/C20H32BNO5/c1-14(15(2)21-26-18(3,4)19(5,6)27-21)12-16(22-7)25-13-20(10-9-11-20)17(23)24-8/h12H,7,9-11,13H2,1-6,8H3/b15-14+,16-12+. The molecule has 0 unspecified atom stereocenters. The summed E-state index contributed by atoms with van der Waals surface area (Å²) < 4.78 is 22.9. The summed E-state index contributed by atoms with van der Waals surface area (Å²) in [6.45, 7) is 15.8. The van der Waals surface area contributed by atoms with Crippen molar-refractivity contribution in [2.45, 2.75) is 72.0 Å². The van der Waals surface area contributed by atoms with E-state index in [0.717, 1.165) is 30.3 Å². The second-order valence-electron chi connectivity index (χ2n) is 8.51. The molecule has 0 aromatic rings. The molecule has 0 bridgehead atoms. The van der Waals surface area contributed by atoms with Gasteiger partial charge in [-0.15, -0.1) is 0 Å². The Morgan fingerprint density at radius 3 is 2.15 bits per heavy atom. The first-order valence-electron chi connectivity index (χ1n) is 9.41. The van der Waals surface area contributed by atoms with E-state index in [4.69, 9.17) is 18.8 Å². The number of methoxy groups -OCH3 is 1. The molecule has 1 aliphatic heterocycles. The number of carbonyl (C=O) groups is 1. The fourth-order valence-electron chi connectivity index (χ4n) is 3.08. The molecule has 6 nitrogen and oxygen atoms in total. The van der Waals surface area contributed by atoms with Crippen molar-refractivity contribution < 1.29 is 23.6 Å². The van der Waals surface area contributed by atoms with Gasteiger partial charge in [-0.25, -0.2) is 4.99 Å². The van der Waals surface area contributed by atoms with Crippen LogP contribution in [0.1, 0.15) is 60.8 Å². The van der Waals surface area contributed by atoms with Gasteiger partial charge in [0.2, 0.25) is 5.88 Å². The Kier molecular flexibility index (Phi) is 6.27. The van der Waals surface area contributed by atoms with Crippen LogP contribution in [0.3, 0.4) is 0 Å². The van der Waals surface area contributed by atoms with Crippen LogP contribution in [0.15, 0.2) is 28.0 Å². The normalized spacial score (nSPS) is 24.0. The second-order valence-corrected chi connectivity index (χ2v) is 8.51. The quantitative estimate of drug-likeness (QED) is 0.222. The van der Waals surface area contributed by atoms with Crippen LogP contribution < -0.4 is 0 Å². The lowest BCUT2D eigenvalue weighted by Gasteiger charge is -2.38. The Labute approximate surface area is 163 Å². The molecule has 2 rings (SSSR count). The van der Waals surface area contributed by atoms with E-state index in [1.54, 1.807) is 6.08 Å². The van der Waals surface area contributed by atoms with Crippen LogP contribution in [0, 0.1) is 5.41 Å². The van der Waals surface area contributed by atoms with Crippen LogP contribution >= 0.6 is 0 Å². The summed E-state index contributed by atoms with van der Waals surface area (Å²) in [7, 11) is 0.983. The largest absolute Gasteiger partial charge is 0.490 e. The van der Waals surface area contributed by atoms with Crippen molar-refractivity contribution >= 4 is 19.8 Å². The zero-order chi connectivity index (χ0) is 20.5. The highest BCUT2D eigenvalue weighted by atomic mass is 16.7. The topological polar surface area (TPSA) is 66.3 Å². The third-order valence-electron chi connectivity index (χ3n) is 6.15. The molecular formula is C20H32BNO5. The summed E-state index contributed by atoms with van der Waals surface area (Å²) in [5.41, 5.74) is 0.532. The minimum Gasteiger partial charge on any atom is -0.476 e. The number of nitrogens with zero attached hydrogens (tertiary/aromatic N) is 1. The van der Waals surface area contributed by atoms with Crippen LogP contribution in [0.5, 0.6) is 0 Å². The maximum Gasteiger partial charge on any atom is 0.490 e. The number of hydrogen-bond acceptors (Lipinski definition) is 6. The molecule has 1 aliphatic carbocycles. The average molecular weight is 377 g/mol. The Morgan fingerprint density at radius 1 is 1.19 bits per heavy atom. The molecule has 2 fully saturated rings. The first-order chi connectivity index (χ1) is 12.5. The molecule has 1 saturated heterocycles. The van der Waals surface area contributed by atoms with Crippen LogP contribution in [-0.4, -0.2) is 44.7 Å². The van der Waals surface area contributed by atoms with E-state index in [1.165, 1.54) is 7.11 Å². The minimum atomic E-state index is -0.559. The van der Waals surface area contributed by atoms with Crippen molar-refractivity contribution in [1.29, 1.82) is 0 Å². The lowest BCUT2D eigenvalue weighted by molar-refractivity contribution is -0.162. The minimum absolute atomic E-state index is 0.224. The van der Waals surface area contributed by atoms with Crippen molar-refractivity contribution in [1.82, 2.24) is 0 Å².